The highest BCUT2D eigenvalue weighted by Gasteiger charge is 2.54. The van der Waals surface area contributed by atoms with E-state index in [0.29, 0.717) is 23.7 Å². The van der Waals surface area contributed by atoms with Gasteiger partial charge in [-0.05, 0) is 24.3 Å². The highest BCUT2D eigenvalue weighted by molar-refractivity contribution is 6.31. The van der Waals surface area contributed by atoms with Crippen LogP contribution in [0.15, 0.2) is 34.5 Å². The van der Waals surface area contributed by atoms with Gasteiger partial charge in [-0.2, -0.15) is 10.2 Å². The van der Waals surface area contributed by atoms with Gasteiger partial charge in [-0.15, -0.1) is 0 Å². The highest BCUT2D eigenvalue weighted by atomic mass is 35.5. The topological polar surface area (TPSA) is 62.1 Å². The van der Waals surface area contributed by atoms with Gasteiger partial charge in [0.05, 0.1) is 18.7 Å². The molecule has 1 spiro atoms. The molecule has 2 aliphatic heterocycles. The van der Waals surface area contributed by atoms with Crippen molar-refractivity contribution in [2.45, 2.75) is 18.4 Å². The second kappa shape index (κ2) is 3.88. The first-order valence-electron chi connectivity index (χ1n) is 5.64. The zero-order chi connectivity index (χ0) is 12.8. The Morgan fingerprint density at radius 3 is 2.56 bits per heavy atom. The third-order valence-electron chi connectivity index (χ3n) is 3.27. The molecule has 0 aromatic heterocycles. The smallest absolute Gasteiger partial charge is 0.264 e. The Bertz CT molecular complexity index is 555. The molecule has 2 heterocycles. The van der Waals surface area contributed by atoms with Crippen LogP contribution in [0.1, 0.15) is 12.8 Å². The molecule has 2 aliphatic rings. The average molecular weight is 264 g/mol. The van der Waals surface area contributed by atoms with Crippen molar-refractivity contribution in [2.75, 3.05) is 11.4 Å². The molecular weight excluding hydrogens is 254 g/mol. The van der Waals surface area contributed by atoms with Crippen molar-refractivity contribution in [3.63, 3.8) is 0 Å². The third kappa shape index (κ3) is 1.54. The Labute approximate surface area is 108 Å². The van der Waals surface area contributed by atoms with Gasteiger partial charge >= 0.3 is 0 Å². The van der Waals surface area contributed by atoms with Crippen LogP contribution < -0.4 is 4.90 Å². The summed E-state index contributed by atoms with van der Waals surface area (Å²) in [6.45, 7) is 0.507. The molecule has 1 aromatic carbocycles. The van der Waals surface area contributed by atoms with Crippen LogP contribution in [0, 0.1) is 0 Å². The number of rotatable bonds is 1. The molecular formula is C12H10ClN3O2. The zero-order valence-electron chi connectivity index (χ0n) is 9.47. The van der Waals surface area contributed by atoms with Gasteiger partial charge in [0, 0.05) is 11.4 Å². The van der Waals surface area contributed by atoms with E-state index in [9.17, 15) is 9.59 Å². The summed E-state index contributed by atoms with van der Waals surface area (Å²) in [6.07, 6.45) is 0.625. The Morgan fingerprint density at radius 2 is 1.94 bits per heavy atom. The van der Waals surface area contributed by atoms with Gasteiger partial charge in [0.15, 0.2) is 5.54 Å². The van der Waals surface area contributed by atoms with E-state index in [4.69, 9.17) is 11.6 Å². The molecule has 6 heteroatoms. The number of imide groups is 1. The Balaban J connectivity index is 1.98. The molecule has 2 amide bonds. The van der Waals surface area contributed by atoms with E-state index >= 15 is 0 Å². The lowest BCUT2D eigenvalue weighted by molar-refractivity contribution is -0.122. The fourth-order valence-electron chi connectivity index (χ4n) is 2.32. The molecule has 18 heavy (non-hydrogen) atoms. The second-order valence-electron chi connectivity index (χ2n) is 4.43. The quantitative estimate of drug-likeness (QED) is 0.729. The summed E-state index contributed by atoms with van der Waals surface area (Å²) >= 11 is 5.79. The first-order valence-corrected chi connectivity index (χ1v) is 6.02. The van der Waals surface area contributed by atoms with E-state index in [0.717, 1.165) is 0 Å². The van der Waals surface area contributed by atoms with Crippen molar-refractivity contribution in [1.29, 1.82) is 0 Å². The molecule has 1 atom stereocenters. The minimum Gasteiger partial charge on any atom is -0.274 e. The molecule has 1 fully saturated rings. The SMILES string of the molecule is O=C1CC2(CCN=N2)C(=O)N1c1ccc(Cl)cc1. The minimum absolute atomic E-state index is 0.109. The second-order valence-corrected chi connectivity index (χ2v) is 4.87. The summed E-state index contributed by atoms with van der Waals surface area (Å²) < 4.78 is 0. The summed E-state index contributed by atoms with van der Waals surface area (Å²) in [4.78, 5) is 25.5. The van der Waals surface area contributed by atoms with Crippen molar-refractivity contribution in [2.24, 2.45) is 10.2 Å². The van der Waals surface area contributed by atoms with Crippen molar-refractivity contribution in [3.05, 3.63) is 29.3 Å². The van der Waals surface area contributed by atoms with Crippen LogP contribution in [-0.2, 0) is 9.59 Å². The van der Waals surface area contributed by atoms with Gasteiger partial charge in [-0.3, -0.25) is 9.59 Å². The lowest BCUT2D eigenvalue weighted by Crippen LogP contribution is -2.38. The fraction of sp³-hybridized carbons (Fsp3) is 0.333. The maximum Gasteiger partial charge on any atom is 0.264 e. The van der Waals surface area contributed by atoms with Gasteiger partial charge in [-0.1, -0.05) is 11.6 Å². The molecule has 0 aliphatic carbocycles. The third-order valence-corrected chi connectivity index (χ3v) is 3.52. The van der Waals surface area contributed by atoms with Crippen LogP contribution in [0.5, 0.6) is 0 Å². The molecule has 1 unspecified atom stereocenters. The number of amides is 2. The number of anilines is 1. The highest BCUT2D eigenvalue weighted by Crippen LogP contribution is 2.37. The largest absolute Gasteiger partial charge is 0.274 e. The molecule has 92 valence electrons. The van der Waals surface area contributed by atoms with E-state index in [1.807, 2.05) is 0 Å². The van der Waals surface area contributed by atoms with Crippen molar-refractivity contribution < 1.29 is 9.59 Å². The van der Waals surface area contributed by atoms with E-state index in [2.05, 4.69) is 10.2 Å². The van der Waals surface area contributed by atoms with Crippen LogP contribution in [0.4, 0.5) is 5.69 Å². The van der Waals surface area contributed by atoms with Crippen LogP contribution in [0.2, 0.25) is 5.02 Å². The lowest BCUT2D eigenvalue weighted by Gasteiger charge is -2.17. The van der Waals surface area contributed by atoms with Crippen molar-refractivity contribution in [3.8, 4) is 0 Å². The van der Waals surface area contributed by atoms with Crippen molar-refractivity contribution >= 4 is 29.1 Å². The van der Waals surface area contributed by atoms with Crippen LogP contribution in [0.25, 0.3) is 0 Å². The molecule has 1 aromatic rings. The predicted molar refractivity (Wildman–Crippen MR) is 65.6 cm³/mol. The van der Waals surface area contributed by atoms with Crippen molar-refractivity contribution in [1.82, 2.24) is 0 Å². The molecule has 1 saturated heterocycles. The number of hydrogen-bond acceptors (Lipinski definition) is 4. The monoisotopic (exact) mass is 263 g/mol. The Kier molecular flexibility index (Phi) is 2.45. The molecule has 5 nitrogen and oxygen atoms in total. The summed E-state index contributed by atoms with van der Waals surface area (Å²) in [7, 11) is 0. The number of halogens is 1. The van der Waals surface area contributed by atoms with Gasteiger partial charge in [-0.25, -0.2) is 4.90 Å². The number of azo groups is 1. The summed E-state index contributed by atoms with van der Waals surface area (Å²) in [5.41, 5.74) is -0.412. The first kappa shape index (κ1) is 11.3. The fourth-order valence-corrected chi connectivity index (χ4v) is 2.45. The number of benzene rings is 1. The van der Waals surface area contributed by atoms with E-state index in [-0.39, 0.29) is 18.2 Å². The molecule has 3 rings (SSSR count). The van der Waals surface area contributed by atoms with Gasteiger partial charge in [0.25, 0.3) is 5.91 Å². The molecule has 0 saturated carbocycles. The Morgan fingerprint density at radius 1 is 1.22 bits per heavy atom. The van der Waals surface area contributed by atoms with Crippen LogP contribution in [-0.4, -0.2) is 23.9 Å². The van der Waals surface area contributed by atoms with Crippen LogP contribution >= 0.6 is 11.6 Å². The number of carbonyl (C=O) groups is 2. The summed E-state index contributed by atoms with van der Waals surface area (Å²) in [5.74, 6) is -0.515. The van der Waals surface area contributed by atoms with Gasteiger partial charge in [0.1, 0.15) is 0 Å². The number of nitrogens with zero attached hydrogens (tertiary/aromatic N) is 3. The predicted octanol–water partition coefficient (Wildman–Crippen LogP) is 2.20. The molecule has 0 bridgehead atoms. The minimum atomic E-state index is -0.948. The number of carbonyl (C=O) groups excluding carboxylic acids is 2. The van der Waals surface area contributed by atoms with E-state index in [1.165, 1.54) is 4.90 Å². The number of hydrogen-bond donors (Lipinski definition) is 0. The van der Waals surface area contributed by atoms with Gasteiger partial charge < -0.3 is 0 Å². The van der Waals surface area contributed by atoms with Gasteiger partial charge in [0.2, 0.25) is 5.91 Å². The standard InChI is InChI=1S/C12H10ClN3O2/c13-8-1-3-9(4-2-8)16-10(17)7-12(11(16)18)5-6-14-15-12/h1-4H,5-7H2. The normalized spacial score (nSPS) is 26.6. The average Bonchev–Trinajstić information content (AvgIpc) is 2.89. The van der Waals surface area contributed by atoms with E-state index in [1.54, 1.807) is 24.3 Å². The molecule has 0 radical (unpaired) electrons. The summed E-state index contributed by atoms with van der Waals surface area (Å²) in [6, 6.07) is 6.61. The maximum atomic E-state index is 12.3. The maximum absolute atomic E-state index is 12.3. The lowest BCUT2D eigenvalue weighted by atomic mass is 9.96. The Hall–Kier alpha value is -1.75. The summed E-state index contributed by atoms with van der Waals surface area (Å²) in [5, 5.41) is 8.39. The zero-order valence-corrected chi connectivity index (χ0v) is 10.2. The first-order chi connectivity index (χ1) is 8.62. The van der Waals surface area contributed by atoms with Crippen LogP contribution in [0.3, 0.4) is 0 Å². The molecule has 0 N–H and O–H groups in total. The van der Waals surface area contributed by atoms with E-state index < -0.39 is 5.54 Å².